The van der Waals surface area contributed by atoms with Gasteiger partial charge in [-0.05, 0) is 55.4 Å². The van der Waals surface area contributed by atoms with Crippen LogP contribution in [0, 0.1) is 0 Å². The van der Waals surface area contributed by atoms with Gasteiger partial charge in [0.25, 0.3) is 5.91 Å². The molecule has 0 unspecified atom stereocenters. The second-order valence-corrected chi connectivity index (χ2v) is 6.82. The van der Waals surface area contributed by atoms with Gasteiger partial charge in [0.05, 0.1) is 17.1 Å². The smallest absolute Gasteiger partial charge is 0.262 e. The van der Waals surface area contributed by atoms with Crippen LogP contribution in [0.3, 0.4) is 0 Å². The van der Waals surface area contributed by atoms with Gasteiger partial charge in [-0.15, -0.1) is 0 Å². The molecule has 0 bridgehead atoms. The molecule has 0 aliphatic carbocycles. The number of phenolic OH excluding ortho intramolecular Hbond substituents is 2. The second kappa shape index (κ2) is 8.40. The van der Waals surface area contributed by atoms with Gasteiger partial charge in [0.1, 0.15) is 17.2 Å². The number of carbonyl (C=O) groups is 1. The summed E-state index contributed by atoms with van der Waals surface area (Å²) in [4.78, 5) is 13.5. The molecule has 0 saturated carbocycles. The number of aryl methyl sites for hydroxylation is 1. The molecule has 0 fully saturated rings. The van der Waals surface area contributed by atoms with Crippen molar-refractivity contribution >= 4 is 40.3 Å². The minimum Gasteiger partial charge on any atom is -0.508 e. The minimum absolute atomic E-state index is 0.0216. The van der Waals surface area contributed by atoms with E-state index in [9.17, 15) is 15.0 Å². The highest BCUT2D eigenvalue weighted by Gasteiger charge is 2.24. The summed E-state index contributed by atoms with van der Waals surface area (Å²) in [7, 11) is 1.71. The van der Waals surface area contributed by atoms with Crippen LogP contribution >= 0.6 is 12.2 Å². The fourth-order valence-corrected chi connectivity index (χ4v) is 3.41. The summed E-state index contributed by atoms with van der Waals surface area (Å²) in [5.41, 5.74) is 3.07. The Labute approximate surface area is 174 Å². The number of ether oxygens (including phenoxy) is 1. The van der Waals surface area contributed by atoms with Crippen molar-refractivity contribution in [1.29, 1.82) is 0 Å². The fourth-order valence-electron chi connectivity index (χ4n) is 3.20. The van der Waals surface area contributed by atoms with Crippen molar-refractivity contribution < 1.29 is 19.7 Å². The standard InChI is InChI=1S/C21H23N3O4S/c1-4-12-8-14(18(26)10-17(12)25)16(5-2)24(21(29)22-3)13-6-7-19-15(9-13)23-20(27)11-28-19/h5-10,25-26H,4,11H2,1-3H3,(H,22,29)(H,23,27)/b16-5+. The predicted octanol–water partition coefficient (Wildman–Crippen LogP) is 3.36. The van der Waals surface area contributed by atoms with Crippen LogP contribution in [0.1, 0.15) is 25.0 Å². The van der Waals surface area contributed by atoms with E-state index in [-0.39, 0.29) is 24.0 Å². The first-order valence-electron chi connectivity index (χ1n) is 9.19. The maximum atomic E-state index is 11.7. The second-order valence-electron chi connectivity index (χ2n) is 6.43. The van der Waals surface area contributed by atoms with Gasteiger partial charge in [-0.1, -0.05) is 13.0 Å². The van der Waals surface area contributed by atoms with Crippen molar-refractivity contribution in [1.82, 2.24) is 5.32 Å². The fraction of sp³-hybridized carbons (Fsp3) is 0.238. The van der Waals surface area contributed by atoms with Gasteiger partial charge < -0.3 is 25.6 Å². The summed E-state index contributed by atoms with van der Waals surface area (Å²) in [5, 5.41) is 26.7. The third-order valence-corrected chi connectivity index (χ3v) is 5.03. The normalized spacial score (nSPS) is 13.2. The first-order valence-corrected chi connectivity index (χ1v) is 9.60. The number of amides is 1. The SMILES string of the molecule is C/C=C(\c1cc(CC)c(O)cc1O)N(C(=S)NC)c1ccc2c(c1)NC(=O)CO2. The van der Waals surface area contributed by atoms with Gasteiger partial charge in [-0.3, -0.25) is 9.69 Å². The summed E-state index contributed by atoms with van der Waals surface area (Å²) in [6.07, 6.45) is 2.43. The topological polar surface area (TPSA) is 94.1 Å². The molecule has 0 spiro atoms. The number of thiocarbonyl (C=S) groups is 1. The molecule has 3 rings (SSSR count). The van der Waals surface area contributed by atoms with E-state index in [4.69, 9.17) is 17.0 Å². The third-order valence-electron chi connectivity index (χ3n) is 4.64. The van der Waals surface area contributed by atoms with E-state index in [2.05, 4.69) is 10.6 Å². The zero-order chi connectivity index (χ0) is 21.1. The molecule has 0 radical (unpaired) electrons. The lowest BCUT2D eigenvalue weighted by Gasteiger charge is -2.30. The summed E-state index contributed by atoms with van der Waals surface area (Å²) < 4.78 is 5.43. The lowest BCUT2D eigenvalue weighted by molar-refractivity contribution is -0.118. The van der Waals surface area contributed by atoms with Gasteiger partial charge >= 0.3 is 0 Å². The maximum Gasteiger partial charge on any atom is 0.262 e. The molecule has 1 amide bonds. The van der Waals surface area contributed by atoms with E-state index in [1.165, 1.54) is 6.07 Å². The zero-order valence-corrected chi connectivity index (χ0v) is 17.3. The lowest BCUT2D eigenvalue weighted by Crippen LogP contribution is -2.37. The van der Waals surface area contributed by atoms with Gasteiger partial charge in [0.2, 0.25) is 0 Å². The van der Waals surface area contributed by atoms with Crippen LogP contribution in [0.25, 0.3) is 5.70 Å². The van der Waals surface area contributed by atoms with Gasteiger partial charge in [-0.2, -0.15) is 0 Å². The predicted molar refractivity (Wildman–Crippen MR) is 118 cm³/mol. The molecule has 0 aromatic heterocycles. The van der Waals surface area contributed by atoms with Crippen LogP contribution in [0.15, 0.2) is 36.4 Å². The molecule has 4 N–H and O–H groups in total. The first-order chi connectivity index (χ1) is 13.9. The molecule has 2 aromatic carbocycles. The number of nitrogens with zero attached hydrogens (tertiary/aromatic N) is 1. The van der Waals surface area contributed by atoms with E-state index in [1.54, 1.807) is 30.1 Å². The Morgan fingerprint density at radius 3 is 2.72 bits per heavy atom. The maximum absolute atomic E-state index is 11.7. The molecule has 0 saturated heterocycles. The molecular formula is C21H23N3O4S. The summed E-state index contributed by atoms with van der Waals surface area (Å²) in [6.45, 7) is 3.74. The molecule has 29 heavy (non-hydrogen) atoms. The Kier molecular flexibility index (Phi) is 5.93. The van der Waals surface area contributed by atoms with Crippen LogP contribution in [0.2, 0.25) is 0 Å². The number of nitrogens with one attached hydrogen (secondary N) is 2. The zero-order valence-electron chi connectivity index (χ0n) is 16.4. The highest BCUT2D eigenvalue weighted by molar-refractivity contribution is 7.80. The van der Waals surface area contributed by atoms with Crippen LogP contribution < -0.4 is 20.3 Å². The number of aromatic hydroxyl groups is 2. The van der Waals surface area contributed by atoms with E-state index in [0.29, 0.717) is 45.5 Å². The quantitative estimate of drug-likeness (QED) is 0.571. The van der Waals surface area contributed by atoms with E-state index in [0.717, 1.165) is 0 Å². The lowest BCUT2D eigenvalue weighted by atomic mass is 10.0. The number of hydrogen-bond donors (Lipinski definition) is 4. The first kappa shape index (κ1) is 20.5. The largest absolute Gasteiger partial charge is 0.508 e. The number of hydrogen-bond acceptors (Lipinski definition) is 5. The molecule has 152 valence electrons. The number of carbonyl (C=O) groups excluding carboxylic acids is 1. The van der Waals surface area contributed by atoms with Gasteiger partial charge in [0, 0.05) is 18.7 Å². The Hall–Kier alpha value is -3.26. The summed E-state index contributed by atoms with van der Waals surface area (Å²) >= 11 is 5.53. The highest BCUT2D eigenvalue weighted by Crippen LogP contribution is 2.38. The van der Waals surface area contributed by atoms with Crippen molar-refractivity contribution in [3.05, 3.63) is 47.5 Å². The van der Waals surface area contributed by atoms with Gasteiger partial charge in [0.15, 0.2) is 11.7 Å². The minimum atomic E-state index is -0.229. The number of phenols is 2. The number of anilines is 2. The molecule has 7 nitrogen and oxygen atoms in total. The molecular weight excluding hydrogens is 390 g/mol. The molecule has 8 heteroatoms. The summed E-state index contributed by atoms with van der Waals surface area (Å²) in [5.74, 6) is 0.325. The average molecular weight is 413 g/mol. The number of fused-ring (bicyclic) bond motifs is 1. The number of rotatable bonds is 4. The Balaban J connectivity index is 2.13. The average Bonchev–Trinajstić information content (AvgIpc) is 2.71. The van der Waals surface area contributed by atoms with E-state index >= 15 is 0 Å². The Morgan fingerprint density at radius 1 is 1.31 bits per heavy atom. The molecule has 1 aliphatic rings. The van der Waals surface area contributed by atoms with Crippen LogP contribution in [-0.4, -0.2) is 34.9 Å². The number of benzene rings is 2. The molecule has 2 aromatic rings. The summed E-state index contributed by atoms with van der Waals surface area (Å²) in [6, 6.07) is 8.42. The van der Waals surface area contributed by atoms with E-state index < -0.39 is 0 Å². The molecule has 1 heterocycles. The van der Waals surface area contributed by atoms with Crippen molar-refractivity contribution in [2.45, 2.75) is 20.3 Å². The monoisotopic (exact) mass is 413 g/mol. The number of allylic oxidation sites excluding steroid dienone is 1. The van der Waals surface area contributed by atoms with E-state index in [1.807, 2.05) is 26.0 Å². The van der Waals surface area contributed by atoms with Crippen LogP contribution in [0.4, 0.5) is 11.4 Å². The van der Waals surface area contributed by atoms with Gasteiger partial charge in [-0.25, -0.2) is 0 Å². The third kappa shape index (κ3) is 3.97. The molecule has 0 atom stereocenters. The highest BCUT2D eigenvalue weighted by atomic mass is 32.1. The van der Waals surface area contributed by atoms with Crippen molar-refractivity contribution in [2.75, 3.05) is 23.9 Å². The van der Waals surface area contributed by atoms with Crippen molar-refractivity contribution in [3.8, 4) is 17.2 Å². The Morgan fingerprint density at radius 2 is 2.07 bits per heavy atom. The van der Waals surface area contributed by atoms with Crippen LogP contribution in [-0.2, 0) is 11.2 Å². The molecule has 1 aliphatic heterocycles. The Bertz CT molecular complexity index is 1000. The van der Waals surface area contributed by atoms with Crippen LogP contribution in [0.5, 0.6) is 17.2 Å². The van der Waals surface area contributed by atoms with Crippen molar-refractivity contribution in [2.24, 2.45) is 0 Å². The van der Waals surface area contributed by atoms with Crippen molar-refractivity contribution in [3.63, 3.8) is 0 Å².